The SMILES string of the molecule is C[Si](C)(C)[O][GeH3]. The van der Waals surface area contributed by atoms with Crippen molar-refractivity contribution >= 4 is 25.2 Å². The van der Waals surface area contributed by atoms with Crippen molar-refractivity contribution in [3.05, 3.63) is 0 Å². The first-order valence-electron chi connectivity index (χ1n) is 2.11. The van der Waals surface area contributed by atoms with Crippen LogP contribution in [-0.4, -0.2) is 25.2 Å². The molecule has 0 radical (unpaired) electrons. The molecular formula is C3H12GeOSi. The molecular weight excluding hydrogens is 153 g/mol. The zero-order valence-corrected chi connectivity index (χ0v) is 10.1. The van der Waals surface area contributed by atoms with Crippen LogP contribution in [0.25, 0.3) is 0 Å². The Morgan fingerprint density at radius 2 is 1.50 bits per heavy atom. The van der Waals surface area contributed by atoms with Crippen LogP contribution in [0.15, 0.2) is 0 Å². The minimum atomic E-state index is -1.05. The second-order valence-corrected chi connectivity index (χ2v) is 9.52. The Balaban J connectivity index is 3.17. The van der Waals surface area contributed by atoms with Crippen molar-refractivity contribution in [3.63, 3.8) is 0 Å². The van der Waals surface area contributed by atoms with Crippen LogP contribution >= 0.6 is 0 Å². The van der Waals surface area contributed by atoms with E-state index in [-0.39, 0.29) is 0 Å². The fourth-order valence-electron chi connectivity index (χ4n) is 0. The van der Waals surface area contributed by atoms with E-state index in [1.807, 2.05) is 0 Å². The van der Waals surface area contributed by atoms with Crippen LogP contribution in [0.5, 0.6) is 0 Å². The summed E-state index contributed by atoms with van der Waals surface area (Å²) in [5.41, 5.74) is 0. The van der Waals surface area contributed by atoms with Crippen molar-refractivity contribution in [3.8, 4) is 0 Å². The molecule has 0 aromatic rings. The molecule has 0 fully saturated rings. The van der Waals surface area contributed by atoms with Crippen molar-refractivity contribution in [2.45, 2.75) is 19.6 Å². The van der Waals surface area contributed by atoms with Crippen LogP contribution in [0.1, 0.15) is 0 Å². The Morgan fingerprint density at radius 1 is 1.33 bits per heavy atom. The van der Waals surface area contributed by atoms with Gasteiger partial charge in [0.15, 0.2) is 0 Å². The molecule has 0 amide bonds. The molecule has 38 valence electrons. The number of hydrogen-bond donors (Lipinski definition) is 0. The second kappa shape index (κ2) is 2.14. The van der Waals surface area contributed by atoms with E-state index in [1.165, 1.54) is 0 Å². The van der Waals surface area contributed by atoms with Crippen molar-refractivity contribution in [1.29, 1.82) is 0 Å². The molecule has 3 heteroatoms. The van der Waals surface area contributed by atoms with Gasteiger partial charge >= 0.3 is 48.3 Å². The van der Waals surface area contributed by atoms with Gasteiger partial charge in [-0.15, -0.1) is 0 Å². The van der Waals surface area contributed by atoms with E-state index in [0.717, 1.165) is 0 Å². The summed E-state index contributed by atoms with van der Waals surface area (Å²) in [7, 11) is -1.05. The standard InChI is InChI=1S/C3H12GeOSi/c1-6(2,3)5-4/h1-4H3. The first-order chi connectivity index (χ1) is 2.56. The zero-order valence-electron chi connectivity index (χ0n) is 4.91. The van der Waals surface area contributed by atoms with E-state index < -0.39 is 8.32 Å². The minimum absolute atomic E-state index is 0.609. The van der Waals surface area contributed by atoms with Gasteiger partial charge in [-0.1, -0.05) is 0 Å². The molecule has 0 aliphatic carbocycles. The van der Waals surface area contributed by atoms with Gasteiger partial charge in [0.25, 0.3) is 0 Å². The van der Waals surface area contributed by atoms with Crippen molar-refractivity contribution in [2.24, 2.45) is 0 Å². The molecule has 0 heterocycles. The molecule has 0 N–H and O–H groups in total. The molecule has 0 saturated carbocycles. The maximum atomic E-state index is 5.26. The van der Waals surface area contributed by atoms with Gasteiger partial charge in [-0.3, -0.25) is 0 Å². The molecule has 0 saturated heterocycles. The molecule has 0 aliphatic heterocycles. The van der Waals surface area contributed by atoms with Gasteiger partial charge in [0.1, 0.15) is 0 Å². The average Bonchev–Trinajstić information content (AvgIpc) is 1.35. The van der Waals surface area contributed by atoms with Crippen LogP contribution < -0.4 is 0 Å². The van der Waals surface area contributed by atoms with Crippen molar-refractivity contribution < 1.29 is 3.45 Å². The first-order valence-corrected chi connectivity index (χ1v) is 7.23. The Hall–Kier alpha value is 0.720. The summed E-state index contributed by atoms with van der Waals surface area (Å²) in [6.07, 6.45) is 0. The summed E-state index contributed by atoms with van der Waals surface area (Å²) in [4.78, 5) is 0. The van der Waals surface area contributed by atoms with Crippen LogP contribution in [-0.2, 0) is 3.45 Å². The van der Waals surface area contributed by atoms with E-state index in [9.17, 15) is 0 Å². The Morgan fingerprint density at radius 3 is 1.50 bits per heavy atom. The zero-order chi connectivity index (χ0) is 5.21. The van der Waals surface area contributed by atoms with Crippen molar-refractivity contribution in [1.82, 2.24) is 0 Å². The van der Waals surface area contributed by atoms with Crippen LogP contribution in [0.3, 0.4) is 0 Å². The molecule has 0 atom stereocenters. The summed E-state index contributed by atoms with van der Waals surface area (Å²) < 4.78 is 5.26. The summed E-state index contributed by atoms with van der Waals surface area (Å²) in [5.74, 6) is 0. The topological polar surface area (TPSA) is 9.23 Å². The molecule has 0 aromatic heterocycles. The molecule has 6 heavy (non-hydrogen) atoms. The van der Waals surface area contributed by atoms with Gasteiger partial charge < -0.3 is 0 Å². The molecule has 0 spiro atoms. The molecule has 0 unspecified atom stereocenters. The van der Waals surface area contributed by atoms with Gasteiger partial charge in [-0.05, 0) is 0 Å². The summed E-state index contributed by atoms with van der Waals surface area (Å²) in [5, 5.41) is 0. The van der Waals surface area contributed by atoms with E-state index in [0.29, 0.717) is 16.9 Å². The van der Waals surface area contributed by atoms with Crippen LogP contribution in [0.4, 0.5) is 0 Å². The Kier molecular flexibility index (Phi) is 2.39. The second-order valence-electron chi connectivity index (χ2n) is 2.32. The Bertz CT molecular complexity index is 40.5. The maximum absolute atomic E-state index is 5.26. The molecule has 0 aliphatic rings. The molecule has 1 nitrogen and oxygen atoms in total. The quantitative estimate of drug-likeness (QED) is 0.501. The third kappa shape index (κ3) is 4.72. The summed E-state index contributed by atoms with van der Waals surface area (Å²) in [6.45, 7) is 6.62. The number of rotatable bonds is 1. The number of hydrogen-bond acceptors (Lipinski definition) is 1. The fourth-order valence-corrected chi connectivity index (χ4v) is 0. The van der Waals surface area contributed by atoms with Crippen LogP contribution in [0.2, 0.25) is 19.6 Å². The van der Waals surface area contributed by atoms with Crippen molar-refractivity contribution in [2.75, 3.05) is 0 Å². The van der Waals surface area contributed by atoms with Gasteiger partial charge in [0.2, 0.25) is 0 Å². The molecule has 0 rings (SSSR count). The molecule has 0 aromatic carbocycles. The summed E-state index contributed by atoms with van der Waals surface area (Å²) in [6, 6.07) is 0. The average molecular weight is 165 g/mol. The predicted molar refractivity (Wildman–Crippen MR) is 34.4 cm³/mol. The summed E-state index contributed by atoms with van der Waals surface area (Å²) >= 11 is 0.609. The van der Waals surface area contributed by atoms with Crippen LogP contribution in [0, 0.1) is 0 Å². The Labute approximate surface area is 48.8 Å². The predicted octanol–water partition coefficient (Wildman–Crippen LogP) is 0.118. The van der Waals surface area contributed by atoms with Gasteiger partial charge in [-0.25, -0.2) is 0 Å². The van der Waals surface area contributed by atoms with E-state index in [1.54, 1.807) is 0 Å². The fraction of sp³-hybridized carbons (Fsp3) is 1.00. The third-order valence-corrected chi connectivity index (χ3v) is 9.55. The van der Waals surface area contributed by atoms with E-state index >= 15 is 0 Å². The first kappa shape index (κ1) is 6.72. The van der Waals surface area contributed by atoms with Gasteiger partial charge in [-0.2, -0.15) is 0 Å². The monoisotopic (exact) mass is 166 g/mol. The third-order valence-electron chi connectivity index (χ3n) is 0.612. The van der Waals surface area contributed by atoms with Gasteiger partial charge in [0, 0.05) is 0 Å². The normalized spacial score (nSPS) is 12.5. The van der Waals surface area contributed by atoms with E-state index in [2.05, 4.69) is 19.6 Å². The van der Waals surface area contributed by atoms with Gasteiger partial charge in [0.05, 0.1) is 0 Å². The van der Waals surface area contributed by atoms with E-state index in [4.69, 9.17) is 3.45 Å². The molecule has 0 bridgehead atoms.